The molecule has 8 nitrogen and oxygen atoms in total. The van der Waals surface area contributed by atoms with Crippen molar-refractivity contribution in [3.05, 3.63) is 47.3 Å². The van der Waals surface area contributed by atoms with E-state index in [1.54, 1.807) is 6.07 Å². The highest BCUT2D eigenvalue weighted by Gasteiger charge is 2.29. The Morgan fingerprint density at radius 2 is 2.14 bits per heavy atom. The molecule has 0 radical (unpaired) electrons. The Balaban J connectivity index is 1.16. The first kappa shape index (κ1) is 18.3. The Morgan fingerprint density at radius 3 is 3.00 bits per heavy atom. The van der Waals surface area contributed by atoms with E-state index in [2.05, 4.69) is 26.7 Å². The zero-order valence-corrected chi connectivity index (χ0v) is 17.0. The third-order valence-electron chi connectivity index (χ3n) is 4.87. The predicted molar refractivity (Wildman–Crippen MR) is 110 cm³/mol. The summed E-state index contributed by atoms with van der Waals surface area (Å²) in [6.07, 6.45) is 3.04. The maximum atomic E-state index is 12.6. The second-order valence-electron chi connectivity index (χ2n) is 6.93. The predicted octanol–water partition coefficient (Wildman–Crippen LogP) is 3.34. The summed E-state index contributed by atoms with van der Waals surface area (Å²) in [5.74, 6) is 1.08. The summed E-state index contributed by atoms with van der Waals surface area (Å²) >= 11 is 2.55. The number of nitrogens with one attached hydrogen (secondary N) is 1. The van der Waals surface area contributed by atoms with Gasteiger partial charge in [0.25, 0.3) is 5.91 Å². The molecular weight excluding hydrogens is 410 g/mol. The Kier molecular flexibility index (Phi) is 4.80. The lowest BCUT2D eigenvalue weighted by Crippen LogP contribution is -2.30. The standard InChI is InChI=1S/C19H17N5O3S2/c25-16(24-8-7-11-3-1-2-4-14(11)24)10-28-19-22-21-18(29-19)20-17(26)13-9-15(27-23-13)12-5-6-12/h1-4,9,12H,5-8,10H2,(H,20,21,26). The third kappa shape index (κ3) is 3.90. The van der Waals surface area contributed by atoms with Gasteiger partial charge >= 0.3 is 0 Å². The van der Waals surface area contributed by atoms with Gasteiger partial charge in [-0.15, -0.1) is 10.2 Å². The summed E-state index contributed by atoms with van der Waals surface area (Å²) in [7, 11) is 0. The largest absolute Gasteiger partial charge is 0.360 e. The minimum absolute atomic E-state index is 0.0379. The summed E-state index contributed by atoms with van der Waals surface area (Å²) in [5.41, 5.74) is 2.42. The second-order valence-corrected chi connectivity index (χ2v) is 9.13. The van der Waals surface area contributed by atoms with Crippen LogP contribution >= 0.6 is 23.1 Å². The molecule has 2 aromatic heterocycles. The average molecular weight is 428 g/mol. The quantitative estimate of drug-likeness (QED) is 0.475. The Hall–Kier alpha value is -2.72. The first-order chi connectivity index (χ1) is 14.2. The summed E-state index contributed by atoms with van der Waals surface area (Å²) < 4.78 is 5.83. The number of amides is 2. The maximum absolute atomic E-state index is 12.6. The number of fused-ring (bicyclic) bond motifs is 1. The number of carbonyl (C=O) groups excluding carboxylic acids is 2. The molecule has 0 saturated heterocycles. The SMILES string of the molecule is O=C(Nc1nnc(SCC(=O)N2CCc3ccccc32)s1)c1cc(C2CC2)on1. The van der Waals surface area contributed by atoms with Crippen molar-refractivity contribution in [3.8, 4) is 0 Å². The van der Waals surface area contributed by atoms with Crippen LogP contribution in [0.1, 0.15) is 40.6 Å². The minimum atomic E-state index is -0.377. The molecule has 2 aliphatic rings. The van der Waals surface area contributed by atoms with Crippen molar-refractivity contribution in [1.82, 2.24) is 15.4 Å². The van der Waals surface area contributed by atoms with E-state index in [0.29, 0.717) is 21.9 Å². The molecule has 1 fully saturated rings. The molecule has 0 atom stereocenters. The first-order valence-corrected chi connectivity index (χ1v) is 11.1. The van der Waals surface area contributed by atoms with Gasteiger partial charge < -0.3 is 9.42 Å². The van der Waals surface area contributed by atoms with E-state index >= 15 is 0 Å². The average Bonchev–Trinajstić information content (AvgIpc) is 3.14. The van der Waals surface area contributed by atoms with Crippen molar-refractivity contribution < 1.29 is 14.1 Å². The third-order valence-corrected chi connectivity index (χ3v) is 6.83. The molecule has 10 heteroatoms. The zero-order valence-electron chi connectivity index (χ0n) is 15.3. The monoisotopic (exact) mass is 427 g/mol. The van der Waals surface area contributed by atoms with E-state index in [4.69, 9.17) is 4.52 Å². The van der Waals surface area contributed by atoms with Crippen LogP contribution < -0.4 is 10.2 Å². The molecule has 3 aromatic rings. The molecular formula is C19H17N5O3S2. The van der Waals surface area contributed by atoms with Crippen LogP contribution in [-0.4, -0.2) is 39.5 Å². The van der Waals surface area contributed by atoms with Crippen molar-refractivity contribution in [2.24, 2.45) is 0 Å². The van der Waals surface area contributed by atoms with Gasteiger partial charge in [0.15, 0.2) is 10.0 Å². The Morgan fingerprint density at radius 1 is 1.28 bits per heavy atom. The molecule has 1 saturated carbocycles. The van der Waals surface area contributed by atoms with Crippen molar-refractivity contribution in [3.63, 3.8) is 0 Å². The van der Waals surface area contributed by atoms with E-state index < -0.39 is 0 Å². The van der Waals surface area contributed by atoms with Gasteiger partial charge in [0, 0.05) is 24.2 Å². The first-order valence-electron chi connectivity index (χ1n) is 9.30. The highest BCUT2D eigenvalue weighted by molar-refractivity contribution is 8.01. The number of aromatic nitrogens is 3. The number of anilines is 2. The number of rotatable bonds is 6. The molecule has 5 rings (SSSR count). The molecule has 148 valence electrons. The number of hydrogen-bond donors (Lipinski definition) is 1. The van der Waals surface area contributed by atoms with Crippen LogP contribution in [0.5, 0.6) is 0 Å². The van der Waals surface area contributed by atoms with Gasteiger partial charge in [0.1, 0.15) is 5.76 Å². The number of benzene rings is 1. The van der Waals surface area contributed by atoms with E-state index in [1.165, 1.54) is 28.7 Å². The number of nitrogens with zero attached hydrogens (tertiary/aromatic N) is 4. The molecule has 1 aliphatic carbocycles. The smallest absolute Gasteiger partial charge is 0.279 e. The fourth-order valence-electron chi connectivity index (χ4n) is 3.24. The highest BCUT2D eigenvalue weighted by Crippen LogP contribution is 2.40. The van der Waals surface area contributed by atoms with Gasteiger partial charge in [-0.1, -0.05) is 46.5 Å². The summed E-state index contributed by atoms with van der Waals surface area (Å²) in [6.45, 7) is 0.705. The molecule has 1 N–H and O–H groups in total. The molecule has 0 bridgehead atoms. The van der Waals surface area contributed by atoms with E-state index in [1.807, 2.05) is 23.1 Å². The van der Waals surface area contributed by atoms with Gasteiger partial charge in [-0.05, 0) is 30.9 Å². The summed E-state index contributed by atoms with van der Waals surface area (Å²) in [6, 6.07) is 9.64. The molecule has 0 unspecified atom stereocenters. The zero-order chi connectivity index (χ0) is 19.8. The van der Waals surface area contributed by atoms with Crippen LogP contribution in [0, 0.1) is 0 Å². The molecule has 3 heterocycles. The van der Waals surface area contributed by atoms with Crippen LogP contribution in [0.3, 0.4) is 0 Å². The number of para-hydroxylation sites is 1. The number of thioether (sulfide) groups is 1. The highest BCUT2D eigenvalue weighted by atomic mass is 32.2. The van der Waals surface area contributed by atoms with Crippen LogP contribution in [0.4, 0.5) is 10.8 Å². The van der Waals surface area contributed by atoms with Gasteiger partial charge in [0.2, 0.25) is 11.0 Å². The van der Waals surface area contributed by atoms with Crippen molar-refractivity contribution in [1.29, 1.82) is 0 Å². The number of carbonyl (C=O) groups is 2. The van der Waals surface area contributed by atoms with Gasteiger partial charge in [-0.25, -0.2) is 0 Å². The van der Waals surface area contributed by atoms with E-state index in [9.17, 15) is 9.59 Å². The normalized spacial score (nSPS) is 15.4. The lowest BCUT2D eigenvalue weighted by molar-refractivity contribution is -0.116. The van der Waals surface area contributed by atoms with Crippen molar-refractivity contribution >= 4 is 45.7 Å². The summed E-state index contributed by atoms with van der Waals surface area (Å²) in [4.78, 5) is 26.7. The van der Waals surface area contributed by atoms with Crippen LogP contribution in [0.2, 0.25) is 0 Å². The fraction of sp³-hybridized carbons (Fsp3) is 0.316. The second kappa shape index (κ2) is 7.60. The Bertz CT molecular complexity index is 1080. The number of hydrogen-bond acceptors (Lipinski definition) is 8. The Labute approximate surface area is 174 Å². The molecule has 1 aromatic carbocycles. The fourth-order valence-corrected chi connectivity index (χ4v) is 4.86. The summed E-state index contributed by atoms with van der Waals surface area (Å²) in [5, 5.41) is 14.9. The molecule has 29 heavy (non-hydrogen) atoms. The van der Waals surface area contributed by atoms with Gasteiger partial charge in [-0.3, -0.25) is 14.9 Å². The molecule has 0 spiro atoms. The topological polar surface area (TPSA) is 101 Å². The molecule has 1 aliphatic heterocycles. The minimum Gasteiger partial charge on any atom is -0.360 e. The van der Waals surface area contributed by atoms with E-state index in [-0.39, 0.29) is 23.3 Å². The van der Waals surface area contributed by atoms with Crippen LogP contribution in [0.25, 0.3) is 0 Å². The van der Waals surface area contributed by atoms with Gasteiger partial charge in [-0.2, -0.15) is 0 Å². The lowest BCUT2D eigenvalue weighted by Gasteiger charge is -2.16. The van der Waals surface area contributed by atoms with Crippen molar-refractivity contribution in [2.45, 2.75) is 29.5 Å². The van der Waals surface area contributed by atoms with Gasteiger partial charge in [0.05, 0.1) is 5.75 Å². The maximum Gasteiger partial charge on any atom is 0.279 e. The van der Waals surface area contributed by atoms with E-state index in [0.717, 1.165) is 30.7 Å². The van der Waals surface area contributed by atoms with Crippen molar-refractivity contribution in [2.75, 3.05) is 22.5 Å². The van der Waals surface area contributed by atoms with Crippen LogP contribution in [-0.2, 0) is 11.2 Å². The lowest BCUT2D eigenvalue weighted by atomic mass is 10.2. The molecule has 2 amide bonds. The van der Waals surface area contributed by atoms with Crippen LogP contribution in [0.15, 0.2) is 39.2 Å².